The maximum Gasteiger partial charge on any atom is 0.236 e. The average molecular weight is 461 g/mol. The van der Waals surface area contributed by atoms with Crippen LogP contribution in [0.15, 0.2) is 41.0 Å². The maximum absolute atomic E-state index is 12.5. The van der Waals surface area contributed by atoms with Crippen molar-refractivity contribution in [2.75, 3.05) is 18.2 Å². The van der Waals surface area contributed by atoms with Crippen molar-refractivity contribution < 1.29 is 14.3 Å². The Hall–Kier alpha value is -2.92. The Labute approximate surface area is 188 Å². The first-order valence-corrected chi connectivity index (χ1v) is 11.5. The van der Waals surface area contributed by atoms with Crippen LogP contribution in [0.2, 0.25) is 0 Å². The van der Waals surface area contributed by atoms with Gasteiger partial charge < -0.3 is 19.9 Å². The topological polar surface area (TPSA) is 111 Å². The number of thioether (sulfide) groups is 1. The zero-order valence-corrected chi connectivity index (χ0v) is 19.1. The van der Waals surface area contributed by atoms with Crippen LogP contribution >= 0.6 is 23.1 Å². The summed E-state index contributed by atoms with van der Waals surface area (Å²) in [5.74, 6) is 1.32. The first-order valence-electron chi connectivity index (χ1n) is 9.67. The molecule has 1 atom stereocenters. The van der Waals surface area contributed by atoms with Crippen molar-refractivity contribution >= 4 is 40.0 Å². The third-order valence-corrected chi connectivity index (χ3v) is 6.02. The molecule has 2 N–H and O–H groups in total. The van der Waals surface area contributed by atoms with E-state index in [2.05, 4.69) is 25.8 Å². The zero-order valence-electron chi connectivity index (χ0n) is 17.5. The molecule has 0 saturated heterocycles. The molecule has 1 aromatic carbocycles. The van der Waals surface area contributed by atoms with Gasteiger partial charge in [-0.05, 0) is 31.5 Å². The summed E-state index contributed by atoms with van der Waals surface area (Å²) in [6.07, 6.45) is 1.89. The minimum absolute atomic E-state index is 0.111. The number of hydrogen-bond donors (Lipinski definition) is 2. The van der Waals surface area contributed by atoms with Gasteiger partial charge in [-0.2, -0.15) is 0 Å². The number of ether oxygens (including phenoxy) is 1. The minimum atomic E-state index is -0.323. The number of benzene rings is 1. The standard InChI is InChI=1S/C20H24N6O3S2/c1-4-26-18(13(2)22-16(27)11-14-5-7-15(29-3)8-6-14)24-25-20(26)31-12-17(28)23-19-21-9-10-30-19/h5-10,13H,4,11-12H2,1-3H3,(H,22,27)(H,21,23,28)/t13-/m0/s1. The van der Waals surface area contributed by atoms with Crippen LogP contribution in [-0.2, 0) is 22.6 Å². The summed E-state index contributed by atoms with van der Waals surface area (Å²) < 4.78 is 7.04. The Bertz CT molecular complexity index is 1000. The number of methoxy groups -OCH3 is 1. The number of aromatic nitrogens is 4. The molecule has 0 aliphatic rings. The Kier molecular flexibility index (Phi) is 8.01. The molecule has 2 amide bonds. The van der Waals surface area contributed by atoms with Gasteiger partial charge in [0.1, 0.15) is 5.75 Å². The second kappa shape index (κ2) is 10.9. The van der Waals surface area contributed by atoms with Gasteiger partial charge in [0, 0.05) is 18.1 Å². The van der Waals surface area contributed by atoms with Gasteiger partial charge in [-0.25, -0.2) is 4.98 Å². The monoisotopic (exact) mass is 460 g/mol. The lowest BCUT2D eigenvalue weighted by molar-refractivity contribution is -0.121. The van der Waals surface area contributed by atoms with Gasteiger partial charge in [0.25, 0.3) is 0 Å². The van der Waals surface area contributed by atoms with Crippen LogP contribution in [0.25, 0.3) is 0 Å². The highest BCUT2D eigenvalue weighted by Gasteiger charge is 2.20. The molecule has 3 aromatic rings. The quantitative estimate of drug-likeness (QED) is 0.448. The van der Waals surface area contributed by atoms with Crippen molar-refractivity contribution in [2.24, 2.45) is 0 Å². The molecule has 31 heavy (non-hydrogen) atoms. The van der Waals surface area contributed by atoms with Gasteiger partial charge in [0.15, 0.2) is 16.1 Å². The van der Waals surface area contributed by atoms with E-state index in [9.17, 15) is 9.59 Å². The molecule has 0 saturated carbocycles. The van der Waals surface area contributed by atoms with Crippen LogP contribution in [0.5, 0.6) is 5.75 Å². The number of hydrogen-bond acceptors (Lipinski definition) is 8. The Balaban J connectivity index is 1.56. The molecule has 2 aromatic heterocycles. The molecular weight excluding hydrogens is 436 g/mol. The second-order valence-corrected chi connectivity index (χ2v) is 8.41. The first-order chi connectivity index (χ1) is 15.0. The number of rotatable bonds is 10. The van der Waals surface area contributed by atoms with Gasteiger partial charge in [-0.1, -0.05) is 23.9 Å². The molecule has 0 radical (unpaired) electrons. The maximum atomic E-state index is 12.5. The Morgan fingerprint density at radius 1 is 1.23 bits per heavy atom. The van der Waals surface area contributed by atoms with Crippen LogP contribution in [0.1, 0.15) is 31.3 Å². The summed E-state index contributed by atoms with van der Waals surface area (Å²) in [7, 11) is 1.60. The lowest BCUT2D eigenvalue weighted by atomic mass is 10.1. The predicted molar refractivity (Wildman–Crippen MR) is 120 cm³/mol. The van der Waals surface area contributed by atoms with E-state index >= 15 is 0 Å². The molecule has 0 spiro atoms. The largest absolute Gasteiger partial charge is 0.497 e. The fourth-order valence-electron chi connectivity index (χ4n) is 2.88. The molecule has 0 aliphatic heterocycles. The van der Waals surface area contributed by atoms with Crippen LogP contribution in [0.4, 0.5) is 5.13 Å². The van der Waals surface area contributed by atoms with E-state index in [-0.39, 0.29) is 30.0 Å². The Morgan fingerprint density at radius 2 is 2.00 bits per heavy atom. The van der Waals surface area contributed by atoms with Crippen molar-refractivity contribution in [3.8, 4) is 5.75 Å². The van der Waals surface area contributed by atoms with Crippen LogP contribution in [0.3, 0.4) is 0 Å². The van der Waals surface area contributed by atoms with Crippen LogP contribution < -0.4 is 15.4 Å². The first kappa shape index (κ1) is 22.8. The molecule has 3 rings (SSSR count). The van der Waals surface area contributed by atoms with E-state index in [1.807, 2.05) is 42.7 Å². The number of thiazole rings is 1. The van der Waals surface area contributed by atoms with Crippen molar-refractivity contribution in [3.63, 3.8) is 0 Å². The molecular formula is C20H24N6O3S2. The third-order valence-electron chi connectivity index (χ3n) is 4.36. The summed E-state index contributed by atoms with van der Waals surface area (Å²) >= 11 is 2.66. The van der Waals surface area contributed by atoms with E-state index < -0.39 is 0 Å². The number of nitrogens with one attached hydrogen (secondary N) is 2. The number of anilines is 1. The van der Waals surface area contributed by atoms with Crippen molar-refractivity contribution in [1.82, 2.24) is 25.1 Å². The van der Waals surface area contributed by atoms with Crippen LogP contribution in [-0.4, -0.2) is 44.4 Å². The van der Waals surface area contributed by atoms with Gasteiger partial charge >= 0.3 is 0 Å². The summed E-state index contributed by atoms with van der Waals surface area (Å²) in [6.45, 7) is 4.46. The van der Waals surface area contributed by atoms with E-state index in [0.29, 0.717) is 22.7 Å². The van der Waals surface area contributed by atoms with Gasteiger partial charge in [-0.3, -0.25) is 9.59 Å². The van der Waals surface area contributed by atoms with Crippen molar-refractivity contribution in [2.45, 2.75) is 38.0 Å². The normalized spacial score (nSPS) is 11.7. The molecule has 11 heteroatoms. The summed E-state index contributed by atoms with van der Waals surface area (Å²) in [5.41, 5.74) is 0.893. The molecule has 0 fully saturated rings. The van der Waals surface area contributed by atoms with E-state index in [0.717, 1.165) is 11.3 Å². The highest BCUT2D eigenvalue weighted by Crippen LogP contribution is 2.21. The van der Waals surface area contributed by atoms with E-state index in [1.165, 1.54) is 23.1 Å². The summed E-state index contributed by atoms with van der Waals surface area (Å²) in [5, 5.41) is 17.1. The van der Waals surface area contributed by atoms with Gasteiger partial charge in [0.05, 0.1) is 25.3 Å². The molecule has 0 bridgehead atoms. The smallest absolute Gasteiger partial charge is 0.236 e. The van der Waals surface area contributed by atoms with Gasteiger partial charge in [0.2, 0.25) is 11.8 Å². The number of carbonyl (C=O) groups excluding carboxylic acids is 2. The SMILES string of the molecule is CCn1c(SCC(=O)Nc2nccs2)nnc1[C@H](C)NC(=O)Cc1ccc(OC)cc1. The molecule has 164 valence electrons. The minimum Gasteiger partial charge on any atom is -0.497 e. The lowest BCUT2D eigenvalue weighted by Gasteiger charge is -2.15. The van der Waals surface area contributed by atoms with E-state index in [1.54, 1.807) is 18.7 Å². The van der Waals surface area contributed by atoms with Crippen LogP contribution in [0, 0.1) is 0 Å². The van der Waals surface area contributed by atoms with Crippen molar-refractivity contribution in [3.05, 3.63) is 47.2 Å². The Morgan fingerprint density at radius 3 is 2.65 bits per heavy atom. The highest BCUT2D eigenvalue weighted by atomic mass is 32.2. The molecule has 2 heterocycles. The summed E-state index contributed by atoms with van der Waals surface area (Å²) in [4.78, 5) is 28.6. The summed E-state index contributed by atoms with van der Waals surface area (Å²) in [6, 6.07) is 7.06. The molecule has 0 aliphatic carbocycles. The molecule has 9 nitrogen and oxygen atoms in total. The zero-order chi connectivity index (χ0) is 22.2. The van der Waals surface area contributed by atoms with Gasteiger partial charge in [-0.15, -0.1) is 21.5 Å². The third kappa shape index (κ3) is 6.28. The number of carbonyl (C=O) groups is 2. The average Bonchev–Trinajstić information content (AvgIpc) is 3.42. The van der Waals surface area contributed by atoms with Crippen molar-refractivity contribution in [1.29, 1.82) is 0 Å². The number of amides is 2. The second-order valence-electron chi connectivity index (χ2n) is 6.57. The fourth-order valence-corrected chi connectivity index (χ4v) is 4.24. The molecule has 0 unspecified atom stereocenters. The van der Waals surface area contributed by atoms with E-state index in [4.69, 9.17) is 4.74 Å². The number of nitrogens with zero attached hydrogens (tertiary/aromatic N) is 4. The predicted octanol–water partition coefficient (Wildman–Crippen LogP) is 2.91. The lowest BCUT2D eigenvalue weighted by Crippen LogP contribution is -2.30. The highest BCUT2D eigenvalue weighted by molar-refractivity contribution is 7.99. The fraction of sp³-hybridized carbons (Fsp3) is 0.350.